The largest absolute Gasteiger partial charge is 0.360 e. The summed E-state index contributed by atoms with van der Waals surface area (Å²) in [4.78, 5) is 4.41. The van der Waals surface area contributed by atoms with Gasteiger partial charge in [-0.25, -0.2) is 4.98 Å². The van der Waals surface area contributed by atoms with Crippen molar-refractivity contribution in [1.29, 1.82) is 0 Å². The van der Waals surface area contributed by atoms with Crippen molar-refractivity contribution in [3.8, 4) is 11.3 Å². The highest BCUT2D eigenvalue weighted by Crippen LogP contribution is 2.26. The summed E-state index contributed by atoms with van der Waals surface area (Å²) in [6, 6.07) is 5.93. The molecule has 0 aliphatic heterocycles. The van der Waals surface area contributed by atoms with E-state index in [1.54, 1.807) is 6.20 Å². The van der Waals surface area contributed by atoms with Gasteiger partial charge >= 0.3 is 0 Å². The summed E-state index contributed by atoms with van der Waals surface area (Å²) in [5, 5.41) is 11.5. The molecule has 1 N–H and O–H groups in total. The molecule has 4 aromatic rings. The summed E-state index contributed by atoms with van der Waals surface area (Å²) >= 11 is 0. The molecule has 25 heavy (non-hydrogen) atoms. The van der Waals surface area contributed by atoms with Crippen molar-refractivity contribution in [2.45, 2.75) is 34.2 Å². The van der Waals surface area contributed by atoms with Crippen molar-refractivity contribution in [2.75, 3.05) is 5.32 Å². The molecule has 0 atom stereocenters. The molecule has 0 fully saturated rings. The lowest BCUT2D eigenvalue weighted by Crippen LogP contribution is -1.97. The smallest absolute Gasteiger partial charge is 0.175 e. The molecule has 130 valence electrons. The summed E-state index contributed by atoms with van der Waals surface area (Å²) in [6.07, 6.45) is 7.61. The lowest BCUT2D eigenvalue weighted by atomic mass is 10.2. The molecule has 0 aromatic carbocycles. The zero-order chi connectivity index (χ0) is 17.8. The third kappa shape index (κ3) is 3.26. The van der Waals surface area contributed by atoms with Crippen molar-refractivity contribution in [3.05, 3.63) is 48.7 Å². The predicted octanol–water partition coefficient (Wildman–Crippen LogP) is 4.28. The number of nitrogens with zero attached hydrogens (tertiary/aromatic N) is 5. The standard InChI is InChI=1S/C16H16N6O.C2H6/c1-3-21-10-12(9-18-21)13-4-5-14-16(17-6-7-22(13)14)19-15-8-11(2)23-20-15;1-2/h4-10H,3H2,1-2H3,(H,17,19,20);1-2H3. The first kappa shape index (κ1) is 16.8. The SMILES string of the molecule is CC.CCn1cc(-c2ccc3c(Nc4cc(C)on4)nccn23)cn1. The maximum Gasteiger partial charge on any atom is 0.175 e. The van der Waals surface area contributed by atoms with E-state index < -0.39 is 0 Å². The number of aromatic nitrogens is 5. The molecule has 0 bridgehead atoms. The van der Waals surface area contributed by atoms with E-state index in [-0.39, 0.29) is 0 Å². The van der Waals surface area contributed by atoms with Gasteiger partial charge in [0.15, 0.2) is 11.6 Å². The number of aryl methyl sites for hydroxylation is 2. The third-order valence-electron chi connectivity index (χ3n) is 3.71. The van der Waals surface area contributed by atoms with E-state index in [9.17, 15) is 0 Å². The average Bonchev–Trinajstić information content (AvgIpc) is 3.36. The highest BCUT2D eigenvalue weighted by atomic mass is 16.5. The van der Waals surface area contributed by atoms with Crippen LogP contribution in [-0.2, 0) is 6.54 Å². The van der Waals surface area contributed by atoms with Gasteiger partial charge in [0.2, 0.25) is 0 Å². The Labute approximate surface area is 146 Å². The molecule has 0 aliphatic carbocycles. The van der Waals surface area contributed by atoms with Gasteiger partial charge in [-0.2, -0.15) is 5.10 Å². The molecule has 0 unspecified atom stereocenters. The number of hydrogen-bond donors (Lipinski definition) is 1. The first-order valence-electron chi connectivity index (χ1n) is 8.44. The van der Waals surface area contributed by atoms with E-state index in [0.717, 1.165) is 34.9 Å². The summed E-state index contributed by atoms with van der Waals surface area (Å²) in [7, 11) is 0. The molecule has 0 amide bonds. The predicted molar refractivity (Wildman–Crippen MR) is 98.0 cm³/mol. The van der Waals surface area contributed by atoms with Crippen molar-refractivity contribution in [1.82, 2.24) is 24.3 Å². The van der Waals surface area contributed by atoms with Crippen LogP contribution in [0.3, 0.4) is 0 Å². The van der Waals surface area contributed by atoms with Gasteiger partial charge in [0.1, 0.15) is 5.76 Å². The highest BCUT2D eigenvalue weighted by molar-refractivity contribution is 5.77. The van der Waals surface area contributed by atoms with Crippen LogP contribution in [0.1, 0.15) is 26.5 Å². The van der Waals surface area contributed by atoms with Crippen molar-refractivity contribution < 1.29 is 4.52 Å². The summed E-state index contributed by atoms with van der Waals surface area (Å²) in [6.45, 7) is 8.77. The minimum absolute atomic E-state index is 0.643. The van der Waals surface area contributed by atoms with Crippen LogP contribution >= 0.6 is 0 Å². The Kier molecular flexibility index (Phi) is 4.83. The third-order valence-corrected chi connectivity index (χ3v) is 3.71. The number of rotatable bonds is 4. The van der Waals surface area contributed by atoms with Gasteiger partial charge in [0, 0.05) is 36.8 Å². The first-order valence-corrected chi connectivity index (χ1v) is 8.44. The maximum atomic E-state index is 5.08. The minimum Gasteiger partial charge on any atom is -0.360 e. The van der Waals surface area contributed by atoms with E-state index in [2.05, 4.69) is 37.9 Å². The maximum absolute atomic E-state index is 5.08. The molecule has 0 saturated heterocycles. The number of nitrogens with one attached hydrogen (secondary N) is 1. The Morgan fingerprint density at radius 2 is 2.08 bits per heavy atom. The normalized spacial score (nSPS) is 10.6. The molecule has 0 radical (unpaired) electrons. The molecule has 0 saturated carbocycles. The molecule has 4 heterocycles. The molecule has 7 heteroatoms. The van der Waals surface area contributed by atoms with Crippen molar-refractivity contribution >= 4 is 17.2 Å². The zero-order valence-corrected chi connectivity index (χ0v) is 14.9. The fraction of sp³-hybridized carbons (Fsp3) is 0.278. The monoisotopic (exact) mass is 338 g/mol. The number of anilines is 2. The number of fused-ring (bicyclic) bond motifs is 1. The lowest BCUT2D eigenvalue weighted by Gasteiger charge is -2.05. The van der Waals surface area contributed by atoms with E-state index in [1.807, 2.05) is 56.2 Å². The van der Waals surface area contributed by atoms with Gasteiger partial charge in [-0.3, -0.25) is 4.68 Å². The van der Waals surface area contributed by atoms with Crippen LogP contribution in [0.15, 0.2) is 47.5 Å². The second-order valence-corrected chi connectivity index (χ2v) is 5.28. The average molecular weight is 338 g/mol. The van der Waals surface area contributed by atoms with E-state index in [4.69, 9.17) is 4.52 Å². The van der Waals surface area contributed by atoms with Crippen molar-refractivity contribution in [3.63, 3.8) is 0 Å². The molecule has 0 aliphatic rings. The molecular weight excluding hydrogens is 316 g/mol. The summed E-state index contributed by atoms with van der Waals surface area (Å²) < 4.78 is 9.07. The van der Waals surface area contributed by atoms with Crippen LogP contribution in [0.25, 0.3) is 16.8 Å². The van der Waals surface area contributed by atoms with Gasteiger partial charge in [0.25, 0.3) is 0 Å². The molecule has 4 aromatic heterocycles. The highest BCUT2D eigenvalue weighted by Gasteiger charge is 2.11. The zero-order valence-electron chi connectivity index (χ0n) is 14.9. The van der Waals surface area contributed by atoms with Gasteiger partial charge in [-0.1, -0.05) is 19.0 Å². The molecule has 4 rings (SSSR count). The molecular formula is C18H22N6O. The van der Waals surface area contributed by atoms with Gasteiger partial charge in [0.05, 0.1) is 17.4 Å². The Morgan fingerprint density at radius 3 is 2.76 bits per heavy atom. The van der Waals surface area contributed by atoms with Crippen LogP contribution in [0, 0.1) is 6.92 Å². The van der Waals surface area contributed by atoms with Gasteiger partial charge in [-0.15, -0.1) is 0 Å². The second-order valence-electron chi connectivity index (χ2n) is 5.28. The van der Waals surface area contributed by atoms with Crippen LogP contribution in [-0.4, -0.2) is 24.3 Å². The quantitative estimate of drug-likeness (QED) is 0.601. The van der Waals surface area contributed by atoms with E-state index in [0.29, 0.717) is 5.82 Å². The minimum atomic E-state index is 0.643. The Morgan fingerprint density at radius 1 is 1.24 bits per heavy atom. The van der Waals surface area contributed by atoms with E-state index in [1.165, 1.54) is 0 Å². The van der Waals surface area contributed by atoms with Gasteiger partial charge in [-0.05, 0) is 26.0 Å². The van der Waals surface area contributed by atoms with Gasteiger partial charge < -0.3 is 14.2 Å². The fourth-order valence-corrected chi connectivity index (χ4v) is 2.59. The topological polar surface area (TPSA) is 73.2 Å². The van der Waals surface area contributed by atoms with E-state index >= 15 is 0 Å². The Hall–Kier alpha value is -3.09. The first-order chi connectivity index (χ1) is 12.2. The lowest BCUT2D eigenvalue weighted by molar-refractivity contribution is 0.400. The van der Waals surface area contributed by atoms with Crippen LogP contribution in [0.4, 0.5) is 11.6 Å². The molecule has 0 spiro atoms. The fourth-order valence-electron chi connectivity index (χ4n) is 2.59. The van der Waals surface area contributed by atoms with Crippen LogP contribution in [0.5, 0.6) is 0 Å². The van der Waals surface area contributed by atoms with Crippen molar-refractivity contribution in [2.24, 2.45) is 0 Å². The number of hydrogen-bond acceptors (Lipinski definition) is 5. The Bertz CT molecular complexity index is 965. The Balaban J connectivity index is 0.000000880. The summed E-state index contributed by atoms with van der Waals surface area (Å²) in [5.74, 6) is 2.13. The molecule has 7 nitrogen and oxygen atoms in total. The van der Waals surface area contributed by atoms with Crippen LogP contribution < -0.4 is 5.32 Å². The van der Waals surface area contributed by atoms with Crippen LogP contribution in [0.2, 0.25) is 0 Å². The summed E-state index contributed by atoms with van der Waals surface area (Å²) in [5.41, 5.74) is 3.11. The second kappa shape index (κ2) is 7.21.